The van der Waals surface area contributed by atoms with E-state index in [-0.39, 0.29) is 0 Å². The molecule has 0 radical (unpaired) electrons. The molecule has 9 aromatic rings. The van der Waals surface area contributed by atoms with E-state index in [0.717, 1.165) is 88.4 Å². The average molecular weight is 583 g/mol. The van der Waals surface area contributed by atoms with Gasteiger partial charge in [0.15, 0.2) is 0 Å². The molecule has 0 aliphatic rings. The summed E-state index contributed by atoms with van der Waals surface area (Å²) < 4.78 is 18.9. The first-order valence-electron chi connectivity index (χ1n) is 15.0. The molecule has 214 valence electrons. The van der Waals surface area contributed by atoms with Gasteiger partial charge in [-0.25, -0.2) is 0 Å². The number of hydrogen-bond acceptors (Lipinski definition) is 5. The van der Waals surface area contributed by atoms with E-state index in [9.17, 15) is 0 Å². The molecule has 0 aliphatic heterocycles. The number of aromatic nitrogens is 2. The van der Waals surface area contributed by atoms with Crippen LogP contribution in [0.5, 0.6) is 0 Å². The number of nitrogens with zero attached hydrogens (tertiary/aromatic N) is 2. The summed E-state index contributed by atoms with van der Waals surface area (Å²) in [7, 11) is 0. The summed E-state index contributed by atoms with van der Waals surface area (Å²) >= 11 is 0. The summed E-state index contributed by atoms with van der Waals surface area (Å²) in [6.07, 6.45) is 0. The second-order valence-electron chi connectivity index (χ2n) is 11.5. The molecule has 0 bridgehead atoms. The summed E-state index contributed by atoms with van der Waals surface area (Å²) in [4.78, 5) is 0. The number of fused-ring (bicyclic) bond motifs is 6. The van der Waals surface area contributed by atoms with Gasteiger partial charge in [-0.05, 0) is 60.4 Å². The van der Waals surface area contributed by atoms with Crippen molar-refractivity contribution in [3.8, 4) is 45.2 Å². The van der Waals surface area contributed by atoms with Crippen LogP contribution < -0.4 is 0 Å². The number of benzene rings is 6. The Hall–Kier alpha value is -5.94. The molecule has 6 aromatic carbocycles. The number of rotatable bonds is 4. The monoisotopic (exact) mass is 582 g/mol. The number of hydrogen-bond donors (Lipinski definition) is 0. The first kappa shape index (κ1) is 25.5. The largest absolute Gasteiger partial charge is 0.455 e. The molecular weight excluding hydrogens is 556 g/mol. The Labute approximate surface area is 258 Å². The molecule has 0 amide bonds. The Kier molecular flexibility index (Phi) is 5.56. The van der Waals surface area contributed by atoms with Crippen LogP contribution in [0.1, 0.15) is 11.1 Å². The van der Waals surface area contributed by atoms with Gasteiger partial charge < -0.3 is 13.3 Å². The smallest absolute Gasteiger partial charge is 0.248 e. The molecule has 0 fully saturated rings. The Morgan fingerprint density at radius 1 is 0.356 bits per heavy atom. The molecule has 3 aromatic heterocycles. The zero-order chi connectivity index (χ0) is 30.1. The second kappa shape index (κ2) is 9.79. The molecule has 0 unspecified atom stereocenters. The van der Waals surface area contributed by atoms with Crippen molar-refractivity contribution in [2.75, 3.05) is 0 Å². The summed E-state index contributed by atoms with van der Waals surface area (Å²) in [5.41, 5.74) is 11.8. The number of aryl methyl sites for hydroxylation is 2. The fraction of sp³-hybridized carbons (Fsp3) is 0.0500. The SMILES string of the molecule is Cc1cccc2c1oc1c(-c3ccc(-c4nnc(-c5ccc(-c6cccc7c6oc6c(C)cccc67)cc5)o4)cc3)cccc12. The molecule has 9 rings (SSSR count). The van der Waals surface area contributed by atoms with Gasteiger partial charge >= 0.3 is 0 Å². The third-order valence-corrected chi connectivity index (χ3v) is 8.75. The van der Waals surface area contributed by atoms with E-state index in [0.29, 0.717) is 11.8 Å². The fourth-order valence-electron chi connectivity index (χ4n) is 6.42. The molecule has 3 heterocycles. The van der Waals surface area contributed by atoms with Crippen molar-refractivity contribution in [2.45, 2.75) is 13.8 Å². The lowest BCUT2D eigenvalue weighted by Crippen LogP contribution is -1.81. The Morgan fingerprint density at radius 2 is 0.711 bits per heavy atom. The highest BCUT2D eigenvalue weighted by molar-refractivity contribution is 6.11. The van der Waals surface area contributed by atoms with Crippen molar-refractivity contribution >= 4 is 43.9 Å². The summed E-state index contributed by atoms with van der Waals surface area (Å²) in [6.45, 7) is 4.16. The fourth-order valence-corrected chi connectivity index (χ4v) is 6.42. The zero-order valence-corrected chi connectivity index (χ0v) is 24.7. The molecule has 0 saturated carbocycles. The van der Waals surface area contributed by atoms with Crippen molar-refractivity contribution in [3.05, 3.63) is 132 Å². The van der Waals surface area contributed by atoms with E-state index >= 15 is 0 Å². The minimum absolute atomic E-state index is 0.473. The van der Waals surface area contributed by atoms with Crippen molar-refractivity contribution in [1.29, 1.82) is 0 Å². The van der Waals surface area contributed by atoms with E-state index in [4.69, 9.17) is 13.3 Å². The highest BCUT2D eigenvalue weighted by atomic mass is 16.4. The van der Waals surface area contributed by atoms with Crippen LogP contribution in [-0.2, 0) is 0 Å². The Bertz CT molecular complexity index is 2370. The van der Waals surface area contributed by atoms with Crippen LogP contribution in [-0.4, -0.2) is 10.2 Å². The zero-order valence-electron chi connectivity index (χ0n) is 24.7. The van der Waals surface area contributed by atoms with Crippen LogP contribution in [0, 0.1) is 13.8 Å². The van der Waals surface area contributed by atoms with Crippen molar-refractivity contribution in [1.82, 2.24) is 10.2 Å². The first-order valence-corrected chi connectivity index (χ1v) is 15.0. The third kappa shape index (κ3) is 4.01. The second-order valence-corrected chi connectivity index (χ2v) is 11.5. The molecule has 0 spiro atoms. The lowest BCUT2D eigenvalue weighted by Gasteiger charge is -2.04. The van der Waals surface area contributed by atoms with Crippen LogP contribution in [0.2, 0.25) is 0 Å². The maximum Gasteiger partial charge on any atom is 0.248 e. The standard InChI is InChI=1S/C40H26N2O3/c1-23-7-3-11-31-33-13-5-9-29(37(33)43-35(23)31)25-15-19-27(20-16-25)39-41-42-40(45-39)28-21-17-26(18-22-28)30-10-6-14-34-32-12-4-8-24(2)36(32)44-38(30)34/h3-22H,1-2H3. The van der Waals surface area contributed by atoms with Crippen LogP contribution in [0.4, 0.5) is 0 Å². The third-order valence-electron chi connectivity index (χ3n) is 8.75. The van der Waals surface area contributed by atoms with Crippen LogP contribution in [0.15, 0.2) is 135 Å². The van der Waals surface area contributed by atoms with Crippen LogP contribution in [0.25, 0.3) is 89.0 Å². The highest BCUT2D eigenvalue weighted by Gasteiger charge is 2.16. The van der Waals surface area contributed by atoms with Gasteiger partial charge in [-0.15, -0.1) is 10.2 Å². The minimum Gasteiger partial charge on any atom is -0.455 e. The lowest BCUT2D eigenvalue weighted by atomic mass is 10.0. The van der Waals surface area contributed by atoms with Gasteiger partial charge in [0.25, 0.3) is 0 Å². The summed E-state index contributed by atoms with van der Waals surface area (Å²) in [5, 5.41) is 13.2. The normalized spacial score (nSPS) is 11.8. The Morgan fingerprint density at radius 3 is 1.13 bits per heavy atom. The number of para-hydroxylation sites is 4. The van der Waals surface area contributed by atoms with Gasteiger partial charge in [-0.2, -0.15) is 0 Å². The van der Waals surface area contributed by atoms with E-state index in [1.807, 2.05) is 24.3 Å². The van der Waals surface area contributed by atoms with E-state index in [1.165, 1.54) is 0 Å². The topological polar surface area (TPSA) is 65.2 Å². The average Bonchev–Trinajstić information content (AvgIpc) is 3.82. The predicted octanol–water partition coefficient (Wildman–Crippen LogP) is 11.2. The molecule has 5 nitrogen and oxygen atoms in total. The van der Waals surface area contributed by atoms with Gasteiger partial charge in [-0.1, -0.05) is 97.1 Å². The van der Waals surface area contributed by atoms with Crippen molar-refractivity contribution in [2.24, 2.45) is 0 Å². The van der Waals surface area contributed by atoms with Gasteiger partial charge in [0.05, 0.1) is 0 Å². The first-order chi connectivity index (χ1) is 22.1. The summed E-state index contributed by atoms with van der Waals surface area (Å²) in [5.74, 6) is 0.946. The van der Waals surface area contributed by atoms with Gasteiger partial charge in [0.1, 0.15) is 22.3 Å². The lowest BCUT2D eigenvalue weighted by molar-refractivity contribution is 0.584. The maximum absolute atomic E-state index is 6.37. The van der Waals surface area contributed by atoms with E-state index < -0.39 is 0 Å². The molecule has 45 heavy (non-hydrogen) atoms. The van der Waals surface area contributed by atoms with Crippen molar-refractivity contribution in [3.63, 3.8) is 0 Å². The quantitative estimate of drug-likeness (QED) is 0.206. The van der Waals surface area contributed by atoms with Crippen LogP contribution in [0.3, 0.4) is 0 Å². The molecule has 0 atom stereocenters. The van der Waals surface area contributed by atoms with Crippen molar-refractivity contribution < 1.29 is 13.3 Å². The minimum atomic E-state index is 0.473. The highest BCUT2D eigenvalue weighted by Crippen LogP contribution is 2.39. The van der Waals surface area contributed by atoms with E-state index in [2.05, 4.69) is 121 Å². The van der Waals surface area contributed by atoms with Crippen LogP contribution >= 0.6 is 0 Å². The summed E-state index contributed by atoms with van der Waals surface area (Å²) in [6, 6.07) is 41.5. The Balaban J connectivity index is 1.01. The molecule has 0 saturated heterocycles. The molecule has 0 N–H and O–H groups in total. The molecule has 0 aliphatic carbocycles. The maximum atomic E-state index is 6.37. The van der Waals surface area contributed by atoms with E-state index in [1.54, 1.807) is 0 Å². The predicted molar refractivity (Wildman–Crippen MR) is 180 cm³/mol. The van der Waals surface area contributed by atoms with Gasteiger partial charge in [0.2, 0.25) is 11.8 Å². The molecule has 5 heteroatoms. The molecular formula is C40H26N2O3. The number of furan rings is 2. The van der Waals surface area contributed by atoms with Gasteiger partial charge in [-0.3, -0.25) is 0 Å². The van der Waals surface area contributed by atoms with Gasteiger partial charge in [0, 0.05) is 43.8 Å².